The first-order valence-corrected chi connectivity index (χ1v) is 12.5. The number of carbonyl (C=O) groups excluding carboxylic acids is 2. The molecule has 0 bridgehead atoms. The second-order valence-corrected chi connectivity index (χ2v) is 10.5. The van der Waals surface area contributed by atoms with E-state index in [0.29, 0.717) is 28.4 Å². The SMILES string of the molecule is CC(C)(C)OC(=O)NCC(=O)O[C@@H](Cc1c(Cl)c[n+]([O-])cc1Cl)c1ccc(OC(F)F)c(OCC2CC2)c1. The van der Waals surface area contributed by atoms with Crippen molar-refractivity contribution in [3.8, 4) is 11.5 Å². The maximum atomic E-state index is 13.0. The van der Waals surface area contributed by atoms with Crippen molar-refractivity contribution >= 4 is 35.3 Å². The van der Waals surface area contributed by atoms with Gasteiger partial charge in [-0.25, -0.2) is 4.79 Å². The number of nitrogens with zero attached hydrogens (tertiary/aromatic N) is 1. The van der Waals surface area contributed by atoms with Crippen molar-refractivity contribution in [1.82, 2.24) is 5.32 Å². The summed E-state index contributed by atoms with van der Waals surface area (Å²) in [5, 5.41) is 14.0. The molecule has 1 aliphatic rings. The summed E-state index contributed by atoms with van der Waals surface area (Å²) in [5.74, 6) is -0.628. The Morgan fingerprint density at radius 2 is 1.82 bits per heavy atom. The highest BCUT2D eigenvalue weighted by atomic mass is 35.5. The molecule has 1 fully saturated rings. The van der Waals surface area contributed by atoms with Crippen LogP contribution in [0.15, 0.2) is 30.6 Å². The molecule has 9 nitrogen and oxygen atoms in total. The fourth-order valence-electron chi connectivity index (χ4n) is 3.32. The summed E-state index contributed by atoms with van der Waals surface area (Å²) in [4.78, 5) is 24.6. The van der Waals surface area contributed by atoms with E-state index in [1.165, 1.54) is 18.2 Å². The van der Waals surface area contributed by atoms with Gasteiger partial charge in [0.1, 0.15) is 28.3 Å². The molecule has 2 aromatic rings. The Balaban J connectivity index is 1.86. The van der Waals surface area contributed by atoms with Gasteiger partial charge >= 0.3 is 18.7 Å². The zero-order valence-electron chi connectivity index (χ0n) is 21.0. The molecule has 208 valence electrons. The van der Waals surface area contributed by atoms with Gasteiger partial charge in [-0.15, -0.1) is 0 Å². The molecule has 38 heavy (non-hydrogen) atoms. The minimum Gasteiger partial charge on any atom is -0.619 e. The molecule has 0 unspecified atom stereocenters. The van der Waals surface area contributed by atoms with Gasteiger partial charge in [0.05, 0.1) is 6.61 Å². The van der Waals surface area contributed by atoms with Crippen LogP contribution in [0.25, 0.3) is 0 Å². The normalized spacial score (nSPS) is 14.1. The first-order chi connectivity index (χ1) is 17.8. The van der Waals surface area contributed by atoms with Crippen molar-refractivity contribution in [1.29, 1.82) is 0 Å². The van der Waals surface area contributed by atoms with Crippen LogP contribution >= 0.6 is 23.2 Å². The van der Waals surface area contributed by atoms with E-state index in [4.69, 9.17) is 37.4 Å². The number of hydrogen-bond acceptors (Lipinski definition) is 7. The van der Waals surface area contributed by atoms with Crippen LogP contribution < -0.4 is 19.5 Å². The standard InChI is InChI=1S/C25H28Cl2F2N2O7/c1-25(2,3)38-24(33)30-10-22(32)36-20(9-16-17(26)11-31(34)12-18(16)27)15-6-7-19(37-23(28)29)21(8-15)35-13-14-4-5-14/h6-8,11-12,14,20,23H,4-5,9-10,13H2,1-3H3,(H,30,33)/t20-/m0/s1. The predicted octanol–water partition coefficient (Wildman–Crippen LogP) is 5.37. The van der Waals surface area contributed by atoms with E-state index in [-0.39, 0.29) is 28.0 Å². The lowest BCUT2D eigenvalue weighted by Crippen LogP contribution is -2.36. The number of nitrogens with one attached hydrogen (secondary N) is 1. The fraction of sp³-hybridized carbons (Fsp3) is 0.480. The van der Waals surface area contributed by atoms with Gasteiger partial charge in [-0.1, -0.05) is 29.3 Å². The molecule has 1 amide bonds. The third-order valence-electron chi connectivity index (χ3n) is 5.22. The molecule has 1 aliphatic carbocycles. The van der Waals surface area contributed by atoms with Crippen LogP contribution in [0.2, 0.25) is 10.0 Å². The van der Waals surface area contributed by atoms with Crippen LogP contribution in [0.4, 0.5) is 13.6 Å². The van der Waals surface area contributed by atoms with E-state index in [9.17, 15) is 23.6 Å². The Morgan fingerprint density at radius 3 is 2.39 bits per heavy atom. The van der Waals surface area contributed by atoms with Crippen molar-refractivity contribution in [2.45, 2.75) is 58.4 Å². The molecule has 0 spiro atoms. The molecule has 13 heteroatoms. The summed E-state index contributed by atoms with van der Waals surface area (Å²) in [6, 6.07) is 4.14. The number of rotatable bonds is 11. The fourth-order valence-corrected chi connectivity index (χ4v) is 3.92. The van der Waals surface area contributed by atoms with Crippen molar-refractivity contribution in [3.63, 3.8) is 0 Å². The van der Waals surface area contributed by atoms with Gasteiger partial charge in [0.2, 0.25) is 0 Å². The second-order valence-electron chi connectivity index (χ2n) is 9.67. The Kier molecular flexibility index (Phi) is 9.83. The minimum atomic E-state index is -3.07. The monoisotopic (exact) mass is 576 g/mol. The Hall–Kier alpha value is -3.05. The zero-order chi connectivity index (χ0) is 28.0. The van der Waals surface area contributed by atoms with Gasteiger partial charge in [-0.05, 0) is 57.2 Å². The molecule has 0 radical (unpaired) electrons. The molecule has 1 aromatic carbocycles. The lowest BCUT2D eigenvalue weighted by atomic mass is 10.0. The number of hydrogen-bond donors (Lipinski definition) is 1. The van der Waals surface area contributed by atoms with E-state index in [2.05, 4.69) is 10.1 Å². The number of benzene rings is 1. The Labute approximate surface area is 228 Å². The van der Waals surface area contributed by atoms with E-state index < -0.39 is 36.9 Å². The van der Waals surface area contributed by atoms with Crippen LogP contribution in [0.5, 0.6) is 11.5 Å². The molecule has 1 saturated carbocycles. The van der Waals surface area contributed by atoms with Gasteiger partial charge in [0.25, 0.3) is 0 Å². The predicted molar refractivity (Wildman–Crippen MR) is 133 cm³/mol. The van der Waals surface area contributed by atoms with Crippen LogP contribution in [-0.2, 0) is 20.7 Å². The Morgan fingerprint density at radius 1 is 1.16 bits per heavy atom. The molecule has 0 saturated heterocycles. The summed E-state index contributed by atoms with van der Waals surface area (Å²) in [6.45, 7) is 1.74. The molecule has 0 aliphatic heterocycles. The van der Waals surface area contributed by atoms with E-state index in [0.717, 1.165) is 25.2 Å². The number of esters is 1. The van der Waals surface area contributed by atoms with Crippen molar-refractivity contribution in [2.75, 3.05) is 13.2 Å². The van der Waals surface area contributed by atoms with Crippen LogP contribution in [0.1, 0.15) is 50.8 Å². The minimum absolute atomic E-state index is 0.0308. The average molecular weight is 577 g/mol. The maximum absolute atomic E-state index is 13.0. The molecular weight excluding hydrogens is 549 g/mol. The molecular formula is C25H28Cl2F2N2O7. The topological polar surface area (TPSA) is 110 Å². The third kappa shape index (κ3) is 9.36. The van der Waals surface area contributed by atoms with E-state index in [1.807, 2.05) is 0 Å². The summed E-state index contributed by atoms with van der Waals surface area (Å²) in [6.07, 6.45) is 2.19. The second kappa shape index (κ2) is 12.7. The molecule has 3 rings (SSSR count). The molecule has 1 N–H and O–H groups in total. The lowest BCUT2D eigenvalue weighted by molar-refractivity contribution is -0.605. The first-order valence-electron chi connectivity index (χ1n) is 11.8. The lowest BCUT2D eigenvalue weighted by Gasteiger charge is -2.22. The third-order valence-corrected chi connectivity index (χ3v) is 5.88. The highest BCUT2D eigenvalue weighted by Gasteiger charge is 2.27. The van der Waals surface area contributed by atoms with Gasteiger partial charge in [-0.2, -0.15) is 13.5 Å². The molecule has 1 heterocycles. The highest BCUT2D eigenvalue weighted by Crippen LogP contribution is 2.37. The number of aromatic nitrogens is 1. The van der Waals surface area contributed by atoms with E-state index >= 15 is 0 Å². The van der Waals surface area contributed by atoms with Crippen LogP contribution in [0.3, 0.4) is 0 Å². The van der Waals surface area contributed by atoms with Crippen molar-refractivity contribution in [2.24, 2.45) is 5.92 Å². The summed E-state index contributed by atoms with van der Waals surface area (Å²) >= 11 is 12.5. The molecule has 1 aromatic heterocycles. The quantitative estimate of drug-likeness (QED) is 0.217. The van der Waals surface area contributed by atoms with Crippen LogP contribution in [-0.4, -0.2) is 37.4 Å². The van der Waals surface area contributed by atoms with Crippen molar-refractivity contribution < 1.29 is 42.0 Å². The number of alkyl halides is 2. The number of pyridine rings is 1. The number of halogens is 4. The number of amides is 1. The maximum Gasteiger partial charge on any atom is 0.408 e. The summed E-state index contributed by atoms with van der Waals surface area (Å²) < 4.78 is 47.4. The molecule has 1 atom stereocenters. The number of carbonyl (C=O) groups is 2. The van der Waals surface area contributed by atoms with Crippen molar-refractivity contribution in [3.05, 3.63) is 57.0 Å². The van der Waals surface area contributed by atoms with Gasteiger partial charge < -0.3 is 29.5 Å². The smallest absolute Gasteiger partial charge is 0.408 e. The van der Waals surface area contributed by atoms with Crippen LogP contribution in [0, 0.1) is 11.1 Å². The number of ether oxygens (including phenoxy) is 4. The Bertz CT molecular complexity index is 1130. The summed E-state index contributed by atoms with van der Waals surface area (Å²) in [7, 11) is 0. The average Bonchev–Trinajstić information content (AvgIpc) is 3.61. The highest BCUT2D eigenvalue weighted by molar-refractivity contribution is 6.35. The number of alkyl carbamates (subject to hydrolysis) is 1. The first kappa shape index (κ1) is 29.5. The van der Waals surface area contributed by atoms with E-state index in [1.54, 1.807) is 20.8 Å². The zero-order valence-corrected chi connectivity index (χ0v) is 22.5. The van der Waals surface area contributed by atoms with Gasteiger partial charge in [-0.3, -0.25) is 4.79 Å². The van der Waals surface area contributed by atoms with Gasteiger partial charge in [0, 0.05) is 12.0 Å². The largest absolute Gasteiger partial charge is 0.619 e. The summed E-state index contributed by atoms with van der Waals surface area (Å²) in [5.41, 5.74) is -0.102. The van der Waals surface area contributed by atoms with Gasteiger partial charge in [0.15, 0.2) is 23.9 Å².